The molecule has 2 aromatic carbocycles. The molecule has 4 rings (SSSR count). The zero-order valence-electron chi connectivity index (χ0n) is 16.7. The van der Waals surface area contributed by atoms with Gasteiger partial charge in [-0.2, -0.15) is 0 Å². The van der Waals surface area contributed by atoms with Gasteiger partial charge in [-0.3, -0.25) is 9.69 Å². The van der Waals surface area contributed by atoms with Crippen molar-refractivity contribution in [1.82, 2.24) is 14.7 Å². The first-order valence-corrected chi connectivity index (χ1v) is 10.6. The summed E-state index contributed by atoms with van der Waals surface area (Å²) in [6, 6.07) is 19.0. The molecule has 1 amide bonds. The van der Waals surface area contributed by atoms with E-state index in [1.807, 2.05) is 17.0 Å². The Morgan fingerprint density at radius 1 is 0.714 bits per heavy atom. The second-order valence-corrected chi connectivity index (χ2v) is 8.05. The van der Waals surface area contributed by atoms with E-state index in [2.05, 4.69) is 52.3 Å². The van der Waals surface area contributed by atoms with Crippen LogP contribution in [0, 0.1) is 0 Å². The number of benzene rings is 2. The van der Waals surface area contributed by atoms with Crippen LogP contribution in [0.25, 0.3) is 0 Å². The van der Waals surface area contributed by atoms with Gasteiger partial charge in [0.05, 0.1) is 0 Å². The van der Waals surface area contributed by atoms with E-state index < -0.39 is 0 Å². The Kier molecular flexibility index (Phi) is 6.40. The molecule has 2 heterocycles. The summed E-state index contributed by atoms with van der Waals surface area (Å²) in [5.74, 6) is 0.191. The van der Waals surface area contributed by atoms with Gasteiger partial charge in [-0.25, -0.2) is 0 Å². The van der Waals surface area contributed by atoms with Gasteiger partial charge in [0.15, 0.2) is 0 Å². The van der Waals surface area contributed by atoms with Crippen LogP contribution in [0.15, 0.2) is 54.6 Å². The maximum Gasteiger partial charge on any atom is 0.253 e. The highest BCUT2D eigenvalue weighted by Gasteiger charge is 2.20. The predicted molar refractivity (Wildman–Crippen MR) is 113 cm³/mol. The number of hydrogen-bond donors (Lipinski definition) is 0. The van der Waals surface area contributed by atoms with Crippen LogP contribution in [-0.4, -0.2) is 66.4 Å². The number of carbonyl (C=O) groups excluding carboxylic acids is 1. The molecule has 4 nitrogen and oxygen atoms in total. The van der Waals surface area contributed by atoms with Crippen molar-refractivity contribution in [2.75, 3.05) is 45.8 Å². The highest BCUT2D eigenvalue weighted by atomic mass is 16.2. The van der Waals surface area contributed by atoms with Crippen LogP contribution in [0.2, 0.25) is 0 Å². The first-order chi connectivity index (χ1) is 13.8. The van der Waals surface area contributed by atoms with Crippen molar-refractivity contribution < 1.29 is 4.79 Å². The third-order valence-electron chi connectivity index (χ3n) is 6.02. The summed E-state index contributed by atoms with van der Waals surface area (Å²) in [5, 5.41) is 0. The monoisotopic (exact) mass is 377 g/mol. The van der Waals surface area contributed by atoms with Crippen LogP contribution in [-0.2, 0) is 13.0 Å². The van der Waals surface area contributed by atoms with Crippen molar-refractivity contribution in [3.05, 3.63) is 71.3 Å². The molecule has 2 saturated heterocycles. The Bertz CT molecular complexity index is 745. The number of carbonyl (C=O) groups is 1. The minimum absolute atomic E-state index is 0.191. The van der Waals surface area contributed by atoms with Crippen LogP contribution in [0.5, 0.6) is 0 Å². The van der Waals surface area contributed by atoms with Crippen molar-refractivity contribution >= 4 is 5.91 Å². The highest BCUT2D eigenvalue weighted by Crippen LogP contribution is 2.15. The van der Waals surface area contributed by atoms with E-state index >= 15 is 0 Å². The van der Waals surface area contributed by atoms with Crippen molar-refractivity contribution in [2.24, 2.45) is 0 Å². The summed E-state index contributed by atoms with van der Waals surface area (Å²) in [4.78, 5) is 19.5. The lowest BCUT2D eigenvalue weighted by Gasteiger charge is -2.34. The number of rotatable bonds is 6. The molecule has 2 aliphatic heterocycles. The molecule has 0 spiro atoms. The molecule has 4 heteroatoms. The van der Waals surface area contributed by atoms with Crippen molar-refractivity contribution in [3.63, 3.8) is 0 Å². The zero-order valence-corrected chi connectivity index (χ0v) is 16.7. The molecular weight excluding hydrogens is 346 g/mol. The van der Waals surface area contributed by atoms with E-state index in [-0.39, 0.29) is 5.91 Å². The third kappa shape index (κ3) is 5.00. The van der Waals surface area contributed by atoms with E-state index in [0.29, 0.717) is 0 Å². The molecule has 2 fully saturated rings. The number of nitrogens with zero attached hydrogens (tertiary/aromatic N) is 3. The van der Waals surface area contributed by atoms with Gasteiger partial charge < -0.3 is 9.80 Å². The fourth-order valence-electron chi connectivity index (χ4n) is 4.22. The quantitative estimate of drug-likeness (QED) is 0.773. The summed E-state index contributed by atoms with van der Waals surface area (Å²) >= 11 is 0. The summed E-state index contributed by atoms with van der Waals surface area (Å²) < 4.78 is 0. The smallest absolute Gasteiger partial charge is 0.253 e. The molecule has 0 aromatic heterocycles. The number of amides is 1. The Morgan fingerprint density at radius 2 is 1.36 bits per heavy atom. The van der Waals surface area contributed by atoms with Crippen LogP contribution in [0.4, 0.5) is 0 Å². The van der Waals surface area contributed by atoms with E-state index in [9.17, 15) is 4.79 Å². The minimum Gasteiger partial charge on any atom is -0.339 e. The Hall–Kier alpha value is -2.17. The first kappa shape index (κ1) is 19.2. The fraction of sp³-hybridized carbons (Fsp3) is 0.458. The fourth-order valence-corrected chi connectivity index (χ4v) is 4.22. The Morgan fingerprint density at radius 3 is 2.04 bits per heavy atom. The predicted octanol–water partition coefficient (Wildman–Crippen LogP) is 3.28. The average Bonchev–Trinajstić information content (AvgIpc) is 3.29. The molecular formula is C24H31N3O. The van der Waals surface area contributed by atoms with Crippen molar-refractivity contribution in [1.29, 1.82) is 0 Å². The van der Waals surface area contributed by atoms with Gasteiger partial charge in [0.25, 0.3) is 5.91 Å². The minimum atomic E-state index is 0.191. The van der Waals surface area contributed by atoms with Gasteiger partial charge in [-0.05, 0) is 42.5 Å². The number of likely N-dealkylation sites (tertiary alicyclic amines) is 1. The Labute approximate surface area is 168 Å². The average molecular weight is 378 g/mol. The molecule has 0 bridgehead atoms. The Balaban J connectivity index is 1.21. The van der Waals surface area contributed by atoms with Crippen LogP contribution < -0.4 is 0 Å². The van der Waals surface area contributed by atoms with Crippen LogP contribution in [0.1, 0.15) is 34.3 Å². The van der Waals surface area contributed by atoms with Gasteiger partial charge in [0.2, 0.25) is 0 Å². The van der Waals surface area contributed by atoms with Gasteiger partial charge >= 0.3 is 0 Å². The summed E-state index contributed by atoms with van der Waals surface area (Å²) in [5.41, 5.74) is 3.56. The molecule has 148 valence electrons. The largest absolute Gasteiger partial charge is 0.339 e. The summed E-state index contributed by atoms with van der Waals surface area (Å²) in [6.07, 6.45) is 3.41. The van der Waals surface area contributed by atoms with Gasteiger partial charge in [-0.1, -0.05) is 42.5 Å². The zero-order chi connectivity index (χ0) is 19.2. The molecule has 0 saturated carbocycles. The first-order valence-electron chi connectivity index (χ1n) is 10.6. The second kappa shape index (κ2) is 9.35. The van der Waals surface area contributed by atoms with E-state index in [4.69, 9.17) is 0 Å². The lowest BCUT2D eigenvalue weighted by molar-refractivity contribution is 0.0793. The molecule has 0 N–H and O–H groups in total. The summed E-state index contributed by atoms with van der Waals surface area (Å²) in [7, 11) is 0. The second-order valence-electron chi connectivity index (χ2n) is 8.05. The standard InChI is InChI=1S/C24H31N3O/c28-24(27-13-4-5-14-27)23-10-8-22(9-11-23)20-26-18-16-25(17-19-26)15-12-21-6-2-1-3-7-21/h1-3,6-11H,4-5,12-20H2. The normalized spacial score (nSPS) is 18.5. The lowest BCUT2D eigenvalue weighted by Crippen LogP contribution is -2.46. The molecule has 28 heavy (non-hydrogen) atoms. The van der Waals surface area contributed by atoms with Gasteiger partial charge in [0, 0.05) is 57.9 Å². The van der Waals surface area contributed by atoms with Crippen molar-refractivity contribution in [3.8, 4) is 0 Å². The topological polar surface area (TPSA) is 26.8 Å². The summed E-state index contributed by atoms with van der Waals surface area (Å²) in [6.45, 7) is 8.45. The van der Waals surface area contributed by atoms with Gasteiger partial charge in [-0.15, -0.1) is 0 Å². The molecule has 0 aliphatic carbocycles. The molecule has 0 unspecified atom stereocenters. The molecule has 0 atom stereocenters. The van der Waals surface area contributed by atoms with E-state index in [0.717, 1.165) is 77.2 Å². The third-order valence-corrected chi connectivity index (χ3v) is 6.02. The van der Waals surface area contributed by atoms with Crippen LogP contribution >= 0.6 is 0 Å². The maximum atomic E-state index is 12.5. The van der Waals surface area contributed by atoms with E-state index in [1.165, 1.54) is 11.1 Å². The number of hydrogen-bond acceptors (Lipinski definition) is 3. The highest BCUT2D eigenvalue weighted by molar-refractivity contribution is 5.94. The van der Waals surface area contributed by atoms with Crippen LogP contribution in [0.3, 0.4) is 0 Å². The molecule has 2 aromatic rings. The van der Waals surface area contributed by atoms with E-state index in [1.54, 1.807) is 0 Å². The van der Waals surface area contributed by atoms with Gasteiger partial charge in [0.1, 0.15) is 0 Å². The van der Waals surface area contributed by atoms with Crippen molar-refractivity contribution in [2.45, 2.75) is 25.8 Å². The SMILES string of the molecule is O=C(c1ccc(CN2CCN(CCc3ccccc3)CC2)cc1)N1CCCC1. The maximum absolute atomic E-state index is 12.5. The number of piperazine rings is 1. The lowest BCUT2D eigenvalue weighted by atomic mass is 10.1. The molecule has 0 radical (unpaired) electrons. The molecule has 2 aliphatic rings.